The van der Waals surface area contributed by atoms with Crippen LogP contribution in [0.3, 0.4) is 0 Å². The maximum atomic E-state index is 6.50. The smallest absolute Gasteiger partial charge is 0.409 e. The van der Waals surface area contributed by atoms with E-state index < -0.39 is 0 Å². The third kappa shape index (κ3) is 3.89. The lowest BCUT2D eigenvalue weighted by molar-refractivity contribution is 0.00578. The molecule has 2 aliphatic heterocycles. The van der Waals surface area contributed by atoms with Crippen molar-refractivity contribution in [3.05, 3.63) is 36.4 Å². The zero-order valence-electron chi connectivity index (χ0n) is 18.7. The normalized spacial score (nSPS) is 20.7. The number of rotatable bonds is 6. The number of anilines is 2. The fourth-order valence-electron chi connectivity index (χ4n) is 4.45. The number of hydrogen-bond acceptors (Lipinski definition) is 4. The van der Waals surface area contributed by atoms with Crippen LogP contribution in [0.2, 0.25) is 5.72 Å². The molecule has 154 valence electrons. The predicted molar refractivity (Wildman–Crippen MR) is 125 cm³/mol. The summed E-state index contributed by atoms with van der Waals surface area (Å²) in [5.41, 5.74) is 1.94. The van der Waals surface area contributed by atoms with Gasteiger partial charge in [-0.1, -0.05) is 57.4 Å². The minimum Gasteiger partial charge on any atom is -0.409 e. The molecule has 2 aromatic rings. The van der Waals surface area contributed by atoms with Gasteiger partial charge in [-0.3, -0.25) is 0 Å². The molecule has 0 radical (unpaired) electrons. The minimum atomic E-state index is -0.319. The predicted octanol–water partition coefficient (Wildman–Crippen LogP) is 5.99. The van der Waals surface area contributed by atoms with Gasteiger partial charge in [0.15, 0.2) is 0 Å². The topological polar surface area (TPSA) is 42.5 Å². The quantitative estimate of drug-likeness (QED) is 0.593. The Morgan fingerprint density at radius 2 is 1.41 bits per heavy atom. The van der Waals surface area contributed by atoms with Crippen LogP contribution >= 0.6 is 0 Å². The van der Waals surface area contributed by atoms with Gasteiger partial charge in [0.2, 0.25) is 0 Å². The average Bonchev–Trinajstić information content (AvgIpc) is 2.86. The molecule has 2 heterocycles. The molecule has 2 aliphatic rings. The molecule has 2 aromatic carbocycles. The number of hydrogen-bond donors (Lipinski definition) is 2. The Hall–Kier alpha value is -1.65. The largest absolute Gasteiger partial charge is 0.457 e. The average molecular weight is 392 g/mol. The molecule has 0 aliphatic carbocycles. The Balaban J connectivity index is 1.62. The Morgan fingerprint density at radius 1 is 0.862 bits per heavy atom. The highest BCUT2D eigenvalue weighted by Gasteiger charge is 2.56. The first-order chi connectivity index (χ1) is 13.7. The summed E-state index contributed by atoms with van der Waals surface area (Å²) in [5.74, 6) is 0.704. The minimum absolute atomic E-state index is 0.0670. The van der Waals surface area contributed by atoms with E-state index in [0.29, 0.717) is 5.92 Å². The van der Waals surface area contributed by atoms with Crippen LogP contribution in [0, 0.1) is 5.92 Å². The van der Waals surface area contributed by atoms with Gasteiger partial charge in [0.1, 0.15) is 0 Å². The molecule has 0 unspecified atom stereocenters. The summed E-state index contributed by atoms with van der Waals surface area (Å²) in [5, 5.41) is 10.0. The first-order valence-corrected chi connectivity index (χ1v) is 11.1. The van der Waals surface area contributed by atoms with Gasteiger partial charge >= 0.3 is 14.1 Å². The van der Waals surface area contributed by atoms with Crippen LogP contribution in [0.4, 0.5) is 11.4 Å². The second-order valence-electron chi connectivity index (χ2n) is 10.1. The van der Waals surface area contributed by atoms with E-state index in [9.17, 15) is 0 Å². The van der Waals surface area contributed by atoms with Crippen LogP contribution in [-0.2, 0) is 9.31 Å². The Kier molecular flexibility index (Phi) is 5.37. The molecule has 0 bridgehead atoms. The van der Waals surface area contributed by atoms with Crippen molar-refractivity contribution in [2.24, 2.45) is 5.92 Å². The van der Waals surface area contributed by atoms with E-state index in [1.165, 1.54) is 28.6 Å². The van der Waals surface area contributed by atoms with Gasteiger partial charge in [-0.05, 0) is 51.1 Å². The summed E-state index contributed by atoms with van der Waals surface area (Å²) >= 11 is 0. The molecule has 4 rings (SSSR count). The molecular weight excluding hydrogens is 358 g/mol. The highest BCUT2D eigenvalue weighted by molar-refractivity contribution is 6.80. The highest BCUT2D eigenvalue weighted by atomic mass is 16.7. The second kappa shape index (κ2) is 7.55. The van der Waals surface area contributed by atoms with Crippen molar-refractivity contribution in [2.45, 2.75) is 77.7 Å². The molecule has 0 amide bonds. The van der Waals surface area contributed by atoms with Gasteiger partial charge in [0.05, 0.1) is 11.2 Å². The first kappa shape index (κ1) is 20.6. The van der Waals surface area contributed by atoms with Gasteiger partial charge in [-0.15, -0.1) is 0 Å². The summed E-state index contributed by atoms with van der Waals surface area (Å²) in [6.07, 6.45) is 3.44. The number of nitrogens with one attached hydrogen (secondary N) is 2. The van der Waals surface area contributed by atoms with Crippen molar-refractivity contribution in [1.82, 2.24) is 0 Å². The van der Waals surface area contributed by atoms with Crippen molar-refractivity contribution in [3.8, 4) is 0 Å². The van der Waals surface area contributed by atoms with Crippen LogP contribution in [0.15, 0.2) is 36.4 Å². The van der Waals surface area contributed by atoms with Gasteiger partial charge in [0, 0.05) is 22.5 Å². The van der Waals surface area contributed by atoms with Crippen LogP contribution in [-0.4, -0.2) is 25.3 Å². The summed E-state index contributed by atoms with van der Waals surface area (Å²) in [6, 6.07) is 12.9. The van der Waals surface area contributed by atoms with E-state index in [4.69, 9.17) is 9.31 Å². The molecule has 6 heteroatoms. The van der Waals surface area contributed by atoms with Crippen LogP contribution in [0.25, 0.3) is 10.8 Å². The molecule has 1 saturated heterocycles. The van der Waals surface area contributed by atoms with Gasteiger partial charge in [0.25, 0.3) is 0 Å². The molecule has 29 heavy (non-hydrogen) atoms. The standard InChI is InChI=1S/C23H34B2N2O2/c1-16(2)10-7-15-20(25-28-22(3,4)23(5,6)29-25)24-26-18-13-8-11-17-12-9-14-19(27-24)21(17)18/h8-9,11-14,16,20,26-27H,7,10,15H2,1-6H3/t20-/m0/s1. The number of benzene rings is 2. The van der Waals surface area contributed by atoms with Crippen molar-refractivity contribution in [1.29, 1.82) is 0 Å². The Bertz CT molecular complexity index is 828. The third-order valence-corrected chi connectivity index (χ3v) is 6.89. The maximum Gasteiger partial charge on any atom is 0.457 e. The van der Waals surface area contributed by atoms with Gasteiger partial charge in [-0.25, -0.2) is 0 Å². The molecule has 0 saturated carbocycles. The van der Waals surface area contributed by atoms with Crippen LogP contribution in [0.1, 0.15) is 60.8 Å². The molecule has 0 spiro atoms. The molecule has 1 fully saturated rings. The van der Waals surface area contributed by atoms with Gasteiger partial charge in [-0.2, -0.15) is 0 Å². The van der Waals surface area contributed by atoms with E-state index in [2.05, 4.69) is 88.4 Å². The van der Waals surface area contributed by atoms with Crippen LogP contribution < -0.4 is 10.5 Å². The SMILES string of the molecule is CC(C)CCC[C@@H](B1Nc2cccc3cccc(c23)N1)B1OC(C)(C)C(C)(C)O1. The second-order valence-corrected chi connectivity index (χ2v) is 10.1. The summed E-state index contributed by atoms with van der Waals surface area (Å²) < 4.78 is 13.0. The summed E-state index contributed by atoms with van der Waals surface area (Å²) in [4.78, 5) is 0. The zero-order valence-corrected chi connectivity index (χ0v) is 18.7. The van der Waals surface area contributed by atoms with Crippen molar-refractivity contribution >= 4 is 36.2 Å². The van der Waals surface area contributed by atoms with E-state index in [1.807, 2.05) is 0 Å². The Labute approximate surface area is 176 Å². The monoisotopic (exact) mass is 392 g/mol. The third-order valence-electron chi connectivity index (χ3n) is 6.89. The lowest BCUT2D eigenvalue weighted by atomic mass is 9.44. The highest BCUT2D eigenvalue weighted by Crippen LogP contribution is 2.44. The fourth-order valence-corrected chi connectivity index (χ4v) is 4.45. The maximum absolute atomic E-state index is 6.50. The lowest BCUT2D eigenvalue weighted by Crippen LogP contribution is -2.48. The van der Waals surface area contributed by atoms with Crippen molar-refractivity contribution in [3.63, 3.8) is 0 Å². The summed E-state index contributed by atoms with van der Waals surface area (Å²) in [7, 11) is -0.235. The summed E-state index contributed by atoms with van der Waals surface area (Å²) in [6.45, 7) is 13.2. The lowest BCUT2D eigenvalue weighted by Gasteiger charge is -2.33. The molecule has 2 N–H and O–H groups in total. The fraction of sp³-hybridized carbons (Fsp3) is 0.565. The van der Waals surface area contributed by atoms with E-state index in [-0.39, 0.29) is 31.0 Å². The van der Waals surface area contributed by atoms with E-state index in [1.54, 1.807) is 0 Å². The van der Waals surface area contributed by atoms with Crippen molar-refractivity contribution in [2.75, 3.05) is 10.5 Å². The van der Waals surface area contributed by atoms with E-state index in [0.717, 1.165) is 12.8 Å². The first-order valence-electron chi connectivity index (χ1n) is 11.1. The molecule has 4 nitrogen and oxygen atoms in total. The van der Waals surface area contributed by atoms with Crippen molar-refractivity contribution < 1.29 is 9.31 Å². The van der Waals surface area contributed by atoms with Crippen LogP contribution in [0.5, 0.6) is 0 Å². The zero-order chi connectivity index (χ0) is 20.8. The molecule has 0 aromatic heterocycles. The van der Waals surface area contributed by atoms with Gasteiger partial charge < -0.3 is 19.8 Å². The Morgan fingerprint density at radius 3 is 1.93 bits per heavy atom. The molecule has 1 atom stereocenters. The van der Waals surface area contributed by atoms with E-state index >= 15 is 0 Å². The molecular formula is C23H34B2N2O2.